The predicted octanol–water partition coefficient (Wildman–Crippen LogP) is 0.102. The fourth-order valence-corrected chi connectivity index (χ4v) is 1.70. The fraction of sp³-hybridized carbons (Fsp3) is 0.455. The quantitative estimate of drug-likeness (QED) is 0.736. The number of nitrogens with zero attached hydrogens (tertiary/aromatic N) is 1. The van der Waals surface area contributed by atoms with Crippen LogP contribution in [0.3, 0.4) is 0 Å². The minimum absolute atomic E-state index is 0.0904. The lowest BCUT2D eigenvalue weighted by molar-refractivity contribution is -0.121. The molecule has 1 unspecified atom stereocenters. The summed E-state index contributed by atoms with van der Waals surface area (Å²) < 4.78 is 0. The van der Waals surface area contributed by atoms with Gasteiger partial charge >= 0.3 is 0 Å². The van der Waals surface area contributed by atoms with Gasteiger partial charge in [-0.05, 0) is 24.5 Å². The Kier molecular flexibility index (Phi) is 3.29. The molecule has 2 rings (SSSR count). The van der Waals surface area contributed by atoms with Gasteiger partial charge < -0.3 is 10.6 Å². The minimum atomic E-state index is 0.0904. The first-order chi connectivity index (χ1) is 7.34. The molecule has 0 spiro atoms. The molecule has 0 bridgehead atoms. The third-order valence-electron chi connectivity index (χ3n) is 2.60. The van der Waals surface area contributed by atoms with E-state index in [2.05, 4.69) is 21.7 Å². The Bertz CT molecular complexity index is 316. The molecule has 1 aromatic heterocycles. The zero-order chi connectivity index (χ0) is 10.5. The van der Waals surface area contributed by atoms with Gasteiger partial charge in [-0.1, -0.05) is 6.07 Å². The summed E-state index contributed by atoms with van der Waals surface area (Å²) in [5.41, 5.74) is 1.25. The van der Waals surface area contributed by atoms with Crippen LogP contribution >= 0.6 is 0 Å². The monoisotopic (exact) mass is 205 g/mol. The molecular formula is C11H15N3O. The highest BCUT2D eigenvalue weighted by Gasteiger charge is 2.16. The summed E-state index contributed by atoms with van der Waals surface area (Å²) in [5.74, 6) is 0.0904. The minimum Gasteiger partial charge on any atom is -0.353 e. The van der Waals surface area contributed by atoms with Crippen molar-refractivity contribution < 1.29 is 4.79 Å². The lowest BCUT2D eigenvalue weighted by Gasteiger charge is -2.23. The molecule has 1 amide bonds. The largest absolute Gasteiger partial charge is 0.353 e. The number of rotatable bonds is 3. The number of hydrogen-bond acceptors (Lipinski definition) is 3. The topological polar surface area (TPSA) is 54.0 Å². The molecular weight excluding hydrogens is 190 g/mol. The summed E-state index contributed by atoms with van der Waals surface area (Å²) in [6.07, 6.45) is 5.71. The van der Waals surface area contributed by atoms with Crippen molar-refractivity contribution in [2.24, 2.45) is 0 Å². The summed E-state index contributed by atoms with van der Waals surface area (Å²) in [6.45, 7) is 1.18. The highest BCUT2D eigenvalue weighted by Crippen LogP contribution is 2.04. The Morgan fingerprint density at radius 2 is 2.47 bits per heavy atom. The smallest absolute Gasteiger partial charge is 0.234 e. The first-order valence-corrected chi connectivity index (χ1v) is 5.23. The SMILES string of the molecule is O=C1CNC(CCc2cccnc2)CN1. The summed E-state index contributed by atoms with van der Waals surface area (Å²) in [4.78, 5) is 15.0. The third kappa shape index (κ3) is 3.02. The molecule has 80 valence electrons. The van der Waals surface area contributed by atoms with Gasteiger partial charge in [0.2, 0.25) is 5.91 Å². The van der Waals surface area contributed by atoms with E-state index in [9.17, 15) is 4.79 Å². The maximum atomic E-state index is 10.9. The fourth-order valence-electron chi connectivity index (χ4n) is 1.70. The highest BCUT2D eigenvalue weighted by molar-refractivity contribution is 5.78. The molecule has 2 N–H and O–H groups in total. The predicted molar refractivity (Wildman–Crippen MR) is 57.4 cm³/mol. The Morgan fingerprint density at radius 1 is 1.53 bits per heavy atom. The number of aryl methyl sites for hydroxylation is 1. The lowest BCUT2D eigenvalue weighted by Crippen LogP contribution is -2.51. The normalized spacial score (nSPS) is 21.1. The first-order valence-electron chi connectivity index (χ1n) is 5.23. The van der Waals surface area contributed by atoms with Gasteiger partial charge in [0, 0.05) is 25.0 Å². The Labute approximate surface area is 89.1 Å². The van der Waals surface area contributed by atoms with Crippen LogP contribution in [-0.2, 0) is 11.2 Å². The number of carbonyl (C=O) groups excluding carboxylic acids is 1. The van der Waals surface area contributed by atoms with Crippen LogP contribution in [0.1, 0.15) is 12.0 Å². The van der Waals surface area contributed by atoms with Crippen LogP contribution in [0.5, 0.6) is 0 Å². The molecule has 2 heterocycles. The maximum absolute atomic E-state index is 10.9. The summed E-state index contributed by atoms with van der Waals surface area (Å²) in [7, 11) is 0. The number of pyridine rings is 1. The average Bonchev–Trinajstić information content (AvgIpc) is 2.30. The van der Waals surface area contributed by atoms with E-state index in [1.54, 1.807) is 6.20 Å². The van der Waals surface area contributed by atoms with Gasteiger partial charge in [-0.25, -0.2) is 0 Å². The molecule has 0 radical (unpaired) electrons. The van der Waals surface area contributed by atoms with E-state index in [4.69, 9.17) is 0 Å². The number of nitrogens with one attached hydrogen (secondary N) is 2. The van der Waals surface area contributed by atoms with Crippen LogP contribution in [0.4, 0.5) is 0 Å². The Hall–Kier alpha value is -1.42. The van der Waals surface area contributed by atoms with Gasteiger partial charge in [0.1, 0.15) is 0 Å². The second-order valence-corrected chi connectivity index (χ2v) is 3.78. The molecule has 0 saturated carbocycles. The van der Waals surface area contributed by atoms with Crippen molar-refractivity contribution in [1.82, 2.24) is 15.6 Å². The van der Waals surface area contributed by atoms with E-state index in [1.807, 2.05) is 12.3 Å². The van der Waals surface area contributed by atoms with Gasteiger partial charge in [-0.15, -0.1) is 0 Å². The second-order valence-electron chi connectivity index (χ2n) is 3.78. The van der Waals surface area contributed by atoms with E-state index < -0.39 is 0 Å². The van der Waals surface area contributed by atoms with Crippen molar-refractivity contribution in [3.8, 4) is 0 Å². The number of piperazine rings is 1. The summed E-state index contributed by atoms with van der Waals surface area (Å²) in [5, 5.41) is 6.06. The number of aromatic nitrogens is 1. The zero-order valence-corrected chi connectivity index (χ0v) is 8.57. The first kappa shape index (κ1) is 10.1. The molecule has 1 fully saturated rings. The Balaban J connectivity index is 1.77. The lowest BCUT2D eigenvalue weighted by atomic mass is 10.1. The molecule has 0 aliphatic carbocycles. The van der Waals surface area contributed by atoms with Gasteiger partial charge in [0.15, 0.2) is 0 Å². The van der Waals surface area contributed by atoms with E-state index in [1.165, 1.54) is 5.56 Å². The molecule has 4 heteroatoms. The second kappa shape index (κ2) is 4.89. The van der Waals surface area contributed by atoms with Crippen molar-refractivity contribution in [3.05, 3.63) is 30.1 Å². The van der Waals surface area contributed by atoms with Crippen LogP contribution < -0.4 is 10.6 Å². The Morgan fingerprint density at radius 3 is 3.13 bits per heavy atom. The van der Waals surface area contributed by atoms with Crippen molar-refractivity contribution >= 4 is 5.91 Å². The van der Waals surface area contributed by atoms with Gasteiger partial charge in [0.25, 0.3) is 0 Å². The van der Waals surface area contributed by atoms with Crippen LogP contribution in [0.25, 0.3) is 0 Å². The molecule has 1 aliphatic rings. The standard InChI is InChI=1S/C11H15N3O/c15-11-8-13-10(7-14-11)4-3-9-2-1-5-12-6-9/h1-2,5-6,10,13H,3-4,7-8H2,(H,14,15). The summed E-state index contributed by atoms with van der Waals surface area (Å²) >= 11 is 0. The third-order valence-corrected chi connectivity index (χ3v) is 2.60. The average molecular weight is 205 g/mol. The van der Waals surface area contributed by atoms with Crippen molar-refractivity contribution in [1.29, 1.82) is 0 Å². The highest BCUT2D eigenvalue weighted by atomic mass is 16.2. The van der Waals surface area contributed by atoms with Crippen molar-refractivity contribution in [3.63, 3.8) is 0 Å². The maximum Gasteiger partial charge on any atom is 0.234 e. The van der Waals surface area contributed by atoms with E-state index in [0.717, 1.165) is 19.4 Å². The van der Waals surface area contributed by atoms with E-state index in [-0.39, 0.29) is 5.91 Å². The number of hydrogen-bond donors (Lipinski definition) is 2. The van der Waals surface area contributed by atoms with Crippen LogP contribution in [0.15, 0.2) is 24.5 Å². The molecule has 0 aromatic carbocycles. The van der Waals surface area contributed by atoms with E-state index >= 15 is 0 Å². The summed E-state index contributed by atoms with van der Waals surface area (Å²) in [6, 6.07) is 4.42. The molecule has 4 nitrogen and oxygen atoms in total. The van der Waals surface area contributed by atoms with Crippen LogP contribution in [0, 0.1) is 0 Å². The van der Waals surface area contributed by atoms with E-state index in [0.29, 0.717) is 12.6 Å². The van der Waals surface area contributed by atoms with Crippen molar-refractivity contribution in [2.75, 3.05) is 13.1 Å². The van der Waals surface area contributed by atoms with Crippen LogP contribution in [0.2, 0.25) is 0 Å². The van der Waals surface area contributed by atoms with Gasteiger partial charge in [0.05, 0.1) is 6.54 Å². The molecule has 1 saturated heterocycles. The number of carbonyl (C=O) groups is 1. The molecule has 1 aliphatic heterocycles. The molecule has 1 aromatic rings. The van der Waals surface area contributed by atoms with Crippen LogP contribution in [-0.4, -0.2) is 30.0 Å². The molecule has 15 heavy (non-hydrogen) atoms. The van der Waals surface area contributed by atoms with Gasteiger partial charge in [-0.3, -0.25) is 9.78 Å². The van der Waals surface area contributed by atoms with Gasteiger partial charge in [-0.2, -0.15) is 0 Å². The zero-order valence-electron chi connectivity index (χ0n) is 8.57. The van der Waals surface area contributed by atoms with Crippen molar-refractivity contribution in [2.45, 2.75) is 18.9 Å². The number of amides is 1. The molecule has 1 atom stereocenters.